The maximum Gasteiger partial charge on any atom is 0.247 e. The number of benzene rings is 2. The lowest BCUT2D eigenvalue weighted by Crippen LogP contribution is -2.40. The zero-order valence-corrected chi connectivity index (χ0v) is 17.1. The first-order valence-corrected chi connectivity index (χ1v) is 11.6. The van der Waals surface area contributed by atoms with Crippen LogP contribution in [0.3, 0.4) is 0 Å². The van der Waals surface area contributed by atoms with Gasteiger partial charge >= 0.3 is 0 Å². The van der Waals surface area contributed by atoms with E-state index in [0.717, 1.165) is 11.0 Å². The van der Waals surface area contributed by atoms with Gasteiger partial charge in [-0.1, -0.05) is 36.4 Å². The highest BCUT2D eigenvalue weighted by atomic mass is 32.2. The Kier molecular flexibility index (Phi) is 5.78. The molecular weight excluding hydrogens is 402 g/mol. The van der Waals surface area contributed by atoms with Crippen LogP contribution in [0.25, 0.3) is 0 Å². The minimum atomic E-state index is -4.06. The standard InChI is InChI=1S/C19H21NO6S2/c1-25-17-8-9-19(18(12-17)26-2)28(23,24)20(13-15-6-4-3-5-7-15)16-10-11-27(21,22)14-16/h3-12,16H,13-14H2,1-2H3/t16-/m1/s1. The SMILES string of the molecule is COc1ccc(S(=O)(=O)N(Cc2ccccc2)[C@@H]2C=CS(=O)(=O)C2)c(OC)c1. The van der Waals surface area contributed by atoms with Crippen LogP contribution < -0.4 is 9.47 Å². The Morgan fingerprint density at radius 1 is 1.07 bits per heavy atom. The summed E-state index contributed by atoms with van der Waals surface area (Å²) in [7, 11) is -4.66. The van der Waals surface area contributed by atoms with E-state index in [1.54, 1.807) is 24.3 Å². The summed E-state index contributed by atoms with van der Waals surface area (Å²) < 4.78 is 62.4. The third-order valence-corrected chi connectivity index (χ3v) is 7.71. The van der Waals surface area contributed by atoms with E-state index >= 15 is 0 Å². The Labute approximate surface area is 165 Å². The number of methoxy groups -OCH3 is 2. The van der Waals surface area contributed by atoms with Crippen molar-refractivity contribution >= 4 is 19.9 Å². The van der Waals surface area contributed by atoms with Crippen molar-refractivity contribution in [1.82, 2.24) is 4.31 Å². The smallest absolute Gasteiger partial charge is 0.247 e. The van der Waals surface area contributed by atoms with Gasteiger partial charge in [-0.2, -0.15) is 4.31 Å². The largest absolute Gasteiger partial charge is 0.497 e. The molecule has 0 saturated heterocycles. The third-order valence-electron chi connectivity index (χ3n) is 4.42. The molecule has 0 amide bonds. The van der Waals surface area contributed by atoms with Crippen molar-refractivity contribution in [3.05, 3.63) is 65.6 Å². The highest BCUT2D eigenvalue weighted by molar-refractivity contribution is 7.94. The average Bonchev–Trinajstić information content (AvgIpc) is 3.05. The molecule has 0 unspecified atom stereocenters. The van der Waals surface area contributed by atoms with Gasteiger partial charge in [-0.3, -0.25) is 0 Å². The molecule has 0 aliphatic carbocycles. The summed E-state index contributed by atoms with van der Waals surface area (Å²) in [5.74, 6) is 0.286. The van der Waals surface area contributed by atoms with Crippen LogP contribution >= 0.6 is 0 Å². The van der Waals surface area contributed by atoms with E-state index in [4.69, 9.17) is 9.47 Å². The molecule has 0 aromatic heterocycles. The highest BCUT2D eigenvalue weighted by Gasteiger charge is 2.37. The number of hydrogen-bond donors (Lipinski definition) is 0. The highest BCUT2D eigenvalue weighted by Crippen LogP contribution is 2.33. The molecule has 1 heterocycles. The molecule has 2 aromatic rings. The Bertz CT molecular complexity index is 1080. The maximum atomic E-state index is 13.5. The van der Waals surface area contributed by atoms with Crippen molar-refractivity contribution < 1.29 is 26.3 Å². The quantitative estimate of drug-likeness (QED) is 0.678. The van der Waals surface area contributed by atoms with E-state index in [2.05, 4.69) is 0 Å². The zero-order valence-electron chi connectivity index (χ0n) is 15.5. The molecule has 0 bridgehead atoms. The summed E-state index contributed by atoms with van der Waals surface area (Å²) in [6.07, 6.45) is 1.41. The first kappa shape index (κ1) is 20.4. The number of sulfonamides is 1. The Hall–Kier alpha value is -2.36. The van der Waals surface area contributed by atoms with Crippen LogP contribution in [0.15, 0.2) is 64.9 Å². The summed E-state index contributed by atoms with van der Waals surface area (Å²) in [5.41, 5.74) is 0.747. The summed E-state index contributed by atoms with van der Waals surface area (Å²) in [6, 6.07) is 12.6. The van der Waals surface area contributed by atoms with Gasteiger partial charge in [0.2, 0.25) is 10.0 Å². The topological polar surface area (TPSA) is 90.0 Å². The molecule has 2 aromatic carbocycles. The number of nitrogens with zero attached hydrogens (tertiary/aromatic N) is 1. The molecule has 0 spiro atoms. The molecule has 0 N–H and O–H groups in total. The number of ether oxygens (including phenoxy) is 2. The second kappa shape index (κ2) is 7.94. The van der Waals surface area contributed by atoms with Crippen LogP contribution in [0.1, 0.15) is 5.56 Å². The Balaban J connectivity index is 2.07. The predicted molar refractivity (Wildman–Crippen MR) is 105 cm³/mol. The van der Waals surface area contributed by atoms with Gasteiger partial charge in [0, 0.05) is 18.0 Å². The molecule has 0 fully saturated rings. The molecule has 0 saturated carbocycles. The van der Waals surface area contributed by atoms with Crippen LogP contribution in [0, 0.1) is 0 Å². The number of sulfone groups is 1. The molecule has 28 heavy (non-hydrogen) atoms. The fourth-order valence-corrected chi connectivity index (χ4v) is 6.10. The van der Waals surface area contributed by atoms with Crippen molar-refractivity contribution in [2.24, 2.45) is 0 Å². The zero-order chi connectivity index (χ0) is 20.4. The van der Waals surface area contributed by atoms with Crippen LogP contribution in [0.4, 0.5) is 0 Å². The lowest BCUT2D eigenvalue weighted by Gasteiger charge is -2.27. The Morgan fingerprint density at radius 3 is 2.36 bits per heavy atom. The lowest BCUT2D eigenvalue weighted by atomic mass is 10.2. The van der Waals surface area contributed by atoms with Crippen molar-refractivity contribution in [2.45, 2.75) is 17.5 Å². The monoisotopic (exact) mass is 423 g/mol. The second-order valence-electron chi connectivity index (χ2n) is 6.28. The van der Waals surface area contributed by atoms with Crippen molar-refractivity contribution in [3.63, 3.8) is 0 Å². The summed E-state index contributed by atoms with van der Waals surface area (Å²) in [5, 5.41) is 1.07. The molecule has 7 nitrogen and oxygen atoms in total. The normalized spacial score (nSPS) is 18.3. The molecule has 1 aliphatic heterocycles. The fourth-order valence-electron chi connectivity index (χ4n) is 3.00. The Morgan fingerprint density at radius 2 is 1.79 bits per heavy atom. The van der Waals surface area contributed by atoms with Gasteiger partial charge in [-0.05, 0) is 17.7 Å². The minimum absolute atomic E-state index is 0.0306. The van der Waals surface area contributed by atoms with Gasteiger partial charge < -0.3 is 9.47 Å². The van der Waals surface area contributed by atoms with Gasteiger partial charge in [0.05, 0.1) is 26.0 Å². The van der Waals surface area contributed by atoms with E-state index in [0.29, 0.717) is 5.75 Å². The van der Waals surface area contributed by atoms with Gasteiger partial charge in [0.15, 0.2) is 9.84 Å². The molecule has 0 radical (unpaired) electrons. The van der Waals surface area contributed by atoms with Crippen molar-refractivity contribution in [2.75, 3.05) is 20.0 Å². The summed E-state index contributed by atoms with van der Waals surface area (Å²) >= 11 is 0. The van der Waals surface area contributed by atoms with E-state index in [-0.39, 0.29) is 22.9 Å². The molecular formula is C19H21NO6S2. The molecule has 9 heteroatoms. The predicted octanol–water partition coefficient (Wildman–Crippen LogP) is 2.21. The van der Waals surface area contributed by atoms with Crippen molar-refractivity contribution in [1.29, 1.82) is 0 Å². The molecule has 3 rings (SSSR count). The summed E-state index contributed by atoms with van der Waals surface area (Å²) in [4.78, 5) is -0.0515. The maximum absolute atomic E-state index is 13.5. The number of rotatable bonds is 7. The number of hydrogen-bond acceptors (Lipinski definition) is 6. The molecule has 1 aliphatic rings. The van der Waals surface area contributed by atoms with E-state index in [1.165, 1.54) is 42.8 Å². The first-order chi connectivity index (χ1) is 13.3. The third kappa shape index (κ3) is 4.21. The van der Waals surface area contributed by atoms with Gasteiger partial charge in [-0.25, -0.2) is 16.8 Å². The van der Waals surface area contributed by atoms with Gasteiger partial charge in [-0.15, -0.1) is 0 Å². The van der Waals surface area contributed by atoms with Crippen LogP contribution in [-0.4, -0.2) is 47.2 Å². The lowest BCUT2D eigenvalue weighted by molar-refractivity contribution is 0.363. The van der Waals surface area contributed by atoms with Crippen molar-refractivity contribution in [3.8, 4) is 11.5 Å². The van der Waals surface area contributed by atoms with E-state index in [1.807, 2.05) is 6.07 Å². The fraction of sp³-hybridized carbons (Fsp3) is 0.263. The van der Waals surface area contributed by atoms with E-state index < -0.39 is 25.9 Å². The molecule has 150 valence electrons. The average molecular weight is 424 g/mol. The summed E-state index contributed by atoms with van der Waals surface area (Å²) in [6.45, 7) is 0.0306. The van der Waals surface area contributed by atoms with E-state index in [9.17, 15) is 16.8 Å². The van der Waals surface area contributed by atoms with Crippen LogP contribution in [-0.2, 0) is 26.4 Å². The molecule has 1 atom stereocenters. The minimum Gasteiger partial charge on any atom is -0.497 e. The van der Waals surface area contributed by atoms with Gasteiger partial charge in [0.25, 0.3) is 0 Å². The van der Waals surface area contributed by atoms with Crippen LogP contribution in [0.5, 0.6) is 11.5 Å². The first-order valence-electron chi connectivity index (χ1n) is 8.45. The van der Waals surface area contributed by atoms with Crippen LogP contribution in [0.2, 0.25) is 0 Å². The second-order valence-corrected chi connectivity index (χ2v) is 10.1. The van der Waals surface area contributed by atoms with Gasteiger partial charge in [0.1, 0.15) is 16.4 Å².